The number of nitrogens with zero attached hydrogens (tertiary/aromatic N) is 1. The summed E-state index contributed by atoms with van der Waals surface area (Å²) in [6, 6.07) is 18.9. The minimum atomic E-state index is 0.519. The lowest BCUT2D eigenvalue weighted by Gasteiger charge is -2.20. The molecular weight excluding hydrogens is 326 g/mol. The fourth-order valence-corrected chi connectivity index (χ4v) is 4.05. The average Bonchev–Trinajstić information content (AvgIpc) is 3.15. The number of oxazole rings is 1. The minimum absolute atomic E-state index is 0.519. The number of benzene rings is 2. The molecule has 3 aromatic rings. The Morgan fingerprint density at radius 2 is 1.60 bits per heavy atom. The van der Waals surface area contributed by atoms with Crippen molar-refractivity contribution in [2.45, 2.75) is 42.9 Å². The third kappa shape index (κ3) is 3.52. The molecule has 0 bridgehead atoms. The maximum Gasteiger partial charge on any atom is 0.227 e. The Morgan fingerprint density at radius 3 is 2.28 bits per heavy atom. The molecule has 0 unspecified atom stereocenters. The molecule has 1 aliphatic carbocycles. The van der Waals surface area contributed by atoms with E-state index in [9.17, 15) is 0 Å². The summed E-state index contributed by atoms with van der Waals surface area (Å²) in [7, 11) is 0. The lowest BCUT2D eigenvalue weighted by atomic mass is 9.85. The second kappa shape index (κ2) is 7.49. The monoisotopic (exact) mass is 349 g/mol. The topological polar surface area (TPSA) is 26.0 Å². The van der Waals surface area contributed by atoms with E-state index in [4.69, 9.17) is 9.40 Å². The van der Waals surface area contributed by atoms with Gasteiger partial charge in [0.1, 0.15) is 0 Å². The molecule has 0 atom stereocenters. The summed E-state index contributed by atoms with van der Waals surface area (Å²) < 4.78 is 6.30. The van der Waals surface area contributed by atoms with Crippen LogP contribution in [0.25, 0.3) is 22.8 Å². The fourth-order valence-electron chi connectivity index (χ4n) is 3.64. The zero-order chi connectivity index (χ0) is 17.1. The zero-order valence-electron chi connectivity index (χ0n) is 14.6. The number of thioether (sulfide) groups is 1. The maximum absolute atomic E-state index is 6.30. The van der Waals surface area contributed by atoms with Crippen LogP contribution < -0.4 is 0 Å². The van der Waals surface area contributed by atoms with Crippen molar-refractivity contribution in [3.8, 4) is 22.8 Å². The molecule has 128 valence electrons. The van der Waals surface area contributed by atoms with E-state index in [1.807, 2.05) is 18.2 Å². The molecule has 1 saturated carbocycles. The third-order valence-electron chi connectivity index (χ3n) is 5.02. The average molecular weight is 349 g/mol. The van der Waals surface area contributed by atoms with E-state index in [0.29, 0.717) is 5.92 Å². The van der Waals surface area contributed by atoms with Crippen molar-refractivity contribution in [2.24, 2.45) is 0 Å². The SMILES string of the molecule is CSc1ccc(-c2oc(-c3ccccc3)nc2C2CCCCC2)cc1. The predicted octanol–water partition coefficient (Wildman–Crippen LogP) is 6.78. The van der Waals surface area contributed by atoms with Crippen molar-refractivity contribution in [1.82, 2.24) is 4.98 Å². The highest BCUT2D eigenvalue weighted by molar-refractivity contribution is 7.98. The smallest absolute Gasteiger partial charge is 0.227 e. The van der Waals surface area contributed by atoms with Gasteiger partial charge in [0.2, 0.25) is 5.89 Å². The molecule has 0 radical (unpaired) electrons. The van der Waals surface area contributed by atoms with Crippen molar-refractivity contribution in [1.29, 1.82) is 0 Å². The summed E-state index contributed by atoms with van der Waals surface area (Å²) in [5.41, 5.74) is 3.33. The lowest BCUT2D eigenvalue weighted by Crippen LogP contribution is -2.06. The fraction of sp³-hybridized carbons (Fsp3) is 0.318. The summed E-state index contributed by atoms with van der Waals surface area (Å²) in [5.74, 6) is 2.22. The summed E-state index contributed by atoms with van der Waals surface area (Å²) in [5, 5.41) is 0. The Bertz CT molecular complexity index is 817. The van der Waals surface area contributed by atoms with Gasteiger partial charge in [-0.25, -0.2) is 4.98 Å². The van der Waals surface area contributed by atoms with E-state index in [-0.39, 0.29) is 0 Å². The van der Waals surface area contributed by atoms with Crippen LogP contribution >= 0.6 is 11.8 Å². The molecule has 25 heavy (non-hydrogen) atoms. The van der Waals surface area contributed by atoms with Gasteiger partial charge < -0.3 is 4.42 Å². The van der Waals surface area contributed by atoms with Crippen LogP contribution in [0.1, 0.15) is 43.7 Å². The second-order valence-corrected chi connectivity index (χ2v) is 7.54. The Hall–Kier alpha value is -2.00. The molecule has 0 amide bonds. The van der Waals surface area contributed by atoms with E-state index in [0.717, 1.165) is 28.5 Å². The van der Waals surface area contributed by atoms with Crippen LogP contribution in [0, 0.1) is 0 Å². The Kier molecular flexibility index (Phi) is 4.93. The summed E-state index contributed by atoms with van der Waals surface area (Å²) >= 11 is 1.76. The molecule has 3 heteroatoms. The molecule has 2 aromatic carbocycles. The van der Waals surface area contributed by atoms with Crippen LogP contribution in [-0.4, -0.2) is 11.2 Å². The summed E-state index contributed by atoms with van der Waals surface area (Å²) in [4.78, 5) is 6.22. The van der Waals surface area contributed by atoms with Gasteiger partial charge in [-0.2, -0.15) is 0 Å². The van der Waals surface area contributed by atoms with E-state index in [2.05, 4.69) is 42.7 Å². The van der Waals surface area contributed by atoms with E-state index in [1.54, 1.807) is 11.8 Å². The molecular formula is C22H23NOS. The minimum Gasteiger partial charge on any atom is -0.436 e. The number of hydrogen-bond acceptors (Lipinski definition) is 3. The maximum atomic E-state index is 6.30. The van der Waals surface area contributed by atoms with Crippen LogP contribution in [0.2, 0.25) is 0 Å². The van der Waals surface area contributed by atoms with Crippen molar-refractivity contribution in [3.05, 3.63) is 60.3 Å². The highest BCUT2D eigenvalue weighted by atomic mass is 32.2. The molecule has 0 N–H and O–H groups in total. The van der Waals surface area contributed by atoms with Gasteiger partial charge in [0, 0.05) is 21.9 Å². The number of aromatic nitrogens is 1. The van der Waals surface area contributed by atoms with E-state index >= 15 is 0 Å². The second-order valence-electron chi connectivity index (χ2n) is 6.66. The van der Waals surface area contributed by atoms with Gasteiger partial charge in [0.25, 0.3) is 0 Å². The van der Waals surface area contributed by atoms with Crippen molar-refractivity contribution in [2.75, 3.05) is 6.26 Å². The Morgan fingerprint density at radius 1 is 0.880 bits per heavy atom. The Labute approximate surface area is 153 Å². The molecule has 2 nitrogen and oxygen atoms in total. The van der Waals surface area contributed by atoms with Crippen molar-refractivity contribution >= 4 is 11.8 Å². The van der Waals surface area contributed by atoms with Crippen LogP contribution in [0.5, 0.6) is 0 Å². The number of hydrogen-bond donors (Lipinski definition) is 0. The van der Waals surface area contributed by atoms with Gasteiger partial charge in [-0.1, -0.05) is 49.6 Å². The highest BCUT2D eigenvalue weighted by Crippen LogP contribution is 2.40. The molecule has 1 fully saturated rings. The summed E-state index contributed by atoms with van der Waals surface area (Å²) in [6.45, 7) is 0. The van der Waals surface area contributed by atoms with Gasteiger partial charge in [0.15, 0.2) is 5.76 Å². The summed E-state index contributed by atoms with van der Waals surface area (Å²) in [6.07, 6.45) is 8.47. The van der Waals surface area contributed by atoms with Gasteiger partial charge in [0.05, 0.1) is 5.69 Å². The van der Waals surface area contributed by atoms with Crippen molar-refractivity contribution < 1.29 is 4.42 Å². The molecule has 0 aliphatic heterocycles. The number of rotatable bonds is 4. The van der Waals surface area contributed by atoms with E-state index in [1.165, 1.54) is 37.0 Å². The third-order valence-corrected chi connectivity index (χ3v) is 5.76. The molecule has 1 aromatic heterocycles. The molecule has 1 aliphatic rings. The van der Waals surface area contributed by atoms with Crippen molar-refractivity contribution in [3.63, 3.8) is 0 Å². The van der Waals surface area contributed by atoms with Gasteiger partial charge in [-0.3, -0.25) is 0 Å². The molecule has 4 rings (SSSR count). The standard InChI is InChI=1S/C22H23NOS/c1-25-19-14-12-17(13-15-19)21-20(16-8-4-2-5-9-16)23-22(24-21)18-10-6-3-7-11-18/h3,6-7,10-16H,2,4-5,8-9H2,1H3. The Balaban J connectivity index is 1.78. The van der Waals surface area contributed by atoms with Crippen LogP contribution in [-0.2, 0) is 0 Å². The molecule has 0 spiro atoms. The molecule has 0 saturated heterocycles. The normalized spacial score (nSPS) is 15.4. The highest BCUT2D eigenvalue weighted by Gasteiger charge is 2.25. The quantitative estimate of drug-likeness (QED) is 0.486. The van der Waals surface area contributed by atoms with Gasteiger partial charge in [-0.05, 0) is 43.4 Å². The first-order valence-electron chi connectivity index (χ1n) is 9.06. The first-order valence-corrected chi connectivity index (χ1v) is 10.3. The van der Waals surface area contributed by atoms with Crippen LogP contribution in [0.3, 0.4) is 0 Å². The molecule has 1 heterocycles. The first kappa shape index (κ1) is 16.5. The first-order chi connectivity index (χ1) is 12.3. The zero-order valence-corrected chi connectivity index (χ0v) is 15.4. The lowest BCUT2D eigenvalue weighted by molar-refractivity contribution is 0.437. The predicted molar refractivity (Wildman–Crippen MR) is 105 cm³/mol. The van der Waals surface area contributed by atoms with E-state index < -0.39 is 0 Å². The largest absolute Gasteiger partial charge is 0.436 e. The van der Waals surface area contributed by atoms with Gasteiger partial charge >= 0.3 is 0 Å². The van der Waals surface area contributed by atoms with Gasteiger partial charge in [-0.15, -0.1) is 11.8 Å². The van der Waals surface area contributed by atoms with Crippen LogP contribution in [0.4, 0.5) is 0 Å². The van der Waals surface area contributed by atoms with Crippen LogP contribution in [0.15, 0.2) is 63.9 Å².